The molecule has 0 amide bonds. The van der Waals surface area contributed by atoms with E-state index in [-0.39, 0.29) is 30.2 Å². The van der Waals surface area contributed by atoms with Crippen LogP contribution in [-0.4, -0.2) is 5.43 Å². The van der Waals surface area contributed by atoms with E-state index in [4.69, 9.17) is 0 Å². The van der Waals surface area contributed by atoms with Crippen molar-refractivity contribution in [1.82, 2.24) is 0 Å². The quantitative estimate of drug-likeness (QED) is 0.334. The van der Waals surface area contributed by atoms with Crippen molar-refractivity contribution in [2.45, 2.75) is 54.1 Å². The van der Waals surface area contributed by atoms with Gasteiger partial charge in [-0.1, -0.05) is 75.1 Å². The Balaban J connectivity index is 0.000000547. The fraction of sp³-hybridized carbons (Fsp3) is 0.321. The van der Waals surface area contributed by atoms with Crippen LogP contribution in [0, 0.1) is 12.0 Å². The Morgan fingerprint density at radius 3 is 2.00 bits per heavy atom. The second kappa shape index (κ2) is 15.2. The van der Waals surface area contributed by atoms with Gasteiger partial charge in [0.1, 0.15) is 0 Å². The standard InChI is InChI=1S/C17H15.C9H13.C2H6Si.2ClH.Zr/c1-2-13-7-3-5-9-15(13)17-12-11-14-8-4-6-10-16(14)17;1-6-5-7(2)9(4)8(6)3;1-3-2;;;/h3-12H,2H2,1H3;6H,1-4H3;1-2H3;2*1H;/q2*-1;;;;+2/p-2. The van der Waals surface area contributed by atoms with Gasteiger partial charge in [-0.3, -0.25) is 6.08 Å². The largest absolute Gasteiger partial charge is 1.00 e. The van der Waals surface area contributed by atoms with Crippen LogP contribution in [0.2, 0.25) is 13.1 Å². The van der Waals surface area contributed by atoms with E-state index in [1.807, 2.05) is 0 Å². The summed E-state index contributed by atoms with van der Waals surface area (Å²) in [6, 6.07) is 21.7. The van der Waals surface area contributed by atoms with Crippen LogP contribution in [0.1, 0.15) is 40.2 Å². The van der Waals surface area contributed by atoms with Gasteiger partial charge in [-0.05, 0) is 6.42 Å². The van der Waals surface area contributed by atoms with Crippen LogP contribution in [0.3, 0.4) is 0 Å². The molecule has 4 heteroatoms. The summed E-state index contributed by atoms with van der Waals surface area (Å²) in [5.74, 6) is 0.560. The molecule has 1 aliphatic carbocycles. The molecule has 1 aliphatic rings. The number of benzene rings is 2. The van der Waals surface area contributed by atoms with Gasteiger partial charge in [0.25, 0.3) is 0 Å². The Kier molecular flexibility index (Phi) is 14.8. The summed E-state index contributed by atoms with van der Waals surface area (Å²) in [4.78, 5) is 0. The molecule has 0 aromatic heterocycles. The molecule has 4 rings (SSSR count). The van der Waals surface area contributed by atoms with Gasteiger partial charge in [-0.15, -0.1) is 53.6 Å². The summed E-state index contributed by atoms with van der Waals surface area (Å²) in [6.07, 6.45) is 4.44. The number of aryl methyl sites for hydroxylation is 1. The molecule has 0 heterocycles. The first-order chi connectivity index (χ1) is 14.3. The van der Waals surface area contributed by atoms with E-state index in [2.05, 4.69) is 114 Å². The fourth-order valence-electron chi connectivity index (χ4n) is 3.64. The number of hydrogen-bond acceptors (Lipinski definition) is 0. The zero-order valence-electron chi connectivity index (χ0n) is 20.3. The van der Waals surface area contributed by atoms with Crippen molar-refractivity contribution in [3.05, 3.63) is 89.0 Å². The van der Waals surface area contributed by atoms with E-state index >= 15 is 0 Å². The Morgan fingerprint density at radius 1 is 0.938 bits per heavy atom. The van der Waals surface area contributed by atoms with Crippen LogP contribution in [0.25, 0.3) is 21.9 Å². The van der Waals surface area contributed by atoms with E-state index in [1.165, 1.54) is 44.2 Å². The van der Waals surface area contributed by atoms with Crippen molar-refractivity contribution in [3.8, 4) is 11.1 Å². The van der Waals surface area contributed by atoms with Gasteiger partial charge in [0, 0.05) is 0 Å². The maximum absolute atomic E-state index is 3.36. The summed E-state index contributed by atoms with van der Waals surface area (Å²) >= 11 is 1.74. The summed E-state index contributed by atoms with van der Waals surface area (Å²) in [5.41, 5.74) is 8.61. The predicted octanol–water partition coefficient (Wildman–Crippen LogP) is 2.30. The smallest absolute Gasteiger partial charge is 1.00 e. The SMILES string of the molecule is CC1=[C-]C(C)C(C)=C1C.CCc1ccccc1-c1c[cH-]c2ccccc12.C[Si](C)=[Zr+2].[Cl-].[Cl-]. The number of halogens is 2. The van der Waals surface area contributed by atoms with Crippen molar-refractivity contribution in [1.29, 1.82) is 0 Å². The Morgan fingerprint density at radius 2 is 1.50 bits per heavy atom. The number of fused-ring (bicyclic) bond motifs is 1. The third-order valence-electron chi connectivity index (χ3n) is 5.61. The van der Waals surface area contributed by atoms with Gasteiger partial charge in [0.05, 0.1) is 0 Å². The first-order valence-corrected chi connectivity index (χ1v) is 17.0. The molecule has 3 aromatic rings. The topological polar surface area (TPSA) is 0 Å². The van der Waals surface area contributed by atoms with Crippen LogP contribution < -0.4 is 24.8 Å². The first kappa shape index (κ1) is 31.2. The van der Waals surface area contributed by atoms with Crippen LogP contribution in [0.4, 0.5) is 0 Å². The molecule has 0 fully saturated rings. The molecule has 170 valence electrons. The van der Waals surface area contributed by atoms with Gasteiger partial charge in [0.2, 0.25) is 0 Å². The molecule has 3 aromatic carbocycles. The van der Waals surface area contributed by atoms with Crippen molar-refractivity contribution in [2.75, 3.05) is 0 Å². The summed E-state index contributed by atoms with van der Waals surface area (Å²) in [5, 5.41) is 2.68. The molecule has 0 saturated heterocycles. The molecule has 0 spiro atoms. The van der Waals surface area contributed by atoms with Crippen molar-refractivity contribution in [3.63, 3.8) is 0 Å². The number of allylic oxidation sites excluding steroid dienone is 4. The predicted molar refractivity (Wildman–Crippen MR) is 132 cm³/mol. The van der Waals surface area contributed by atoms with Crippen LogP contribution in [0.5, 0.6) is 0 Å². The van der Waals surface area contributed by atoms with E-state index in [1.54, 1.807) is 23.3 Å². The van der Waals surface area contributed by atoms with Crippen LogP contribution >= 0.6 is 0 Å². The molecule has 0 nitrogen and oxygen atoms in total. The van der Waals surface area contributed by atoms with E-state index in [9.17, 15) is 0 Å². The van der Waals surface area contributed by atoms with Gasteiger partial charge < -0.3 is 24.8 Å². The second-order valence-corrected chi connectivity index (χ2v) is 17.5. The average Bonchev–Trinajstić information content (AvgIpc) is 3.25. The van der Waals surface area contributed by atoms with E-state index < -0.39 is 0 Å². The normalized spacial score (nSPS) is 14.3. The molecule has 0 saturated carbocycles. The number of hydrogen-bond donors (Lipinski definition) is 0. The van der Waals surface area contributed by atoms with Gasteiger partial charge in [-0.25, -0.2) is 5.57 Å². The third-order valence-corrected chi connectivity index (χ3v) is 5.61. The first-order valence-electron chi connectivity index (χ1n) is 10.8. The zero-order chi connectivity index (χ0) is 22.3. The minimum absolute atomic E-state index is 0. The summed E-state index contributed by atoms with van der Waals surface area (Å²) < 4.78 is 0. The summed E-state index contributed by atoms with van der Waals surface area (Å²) in [6.45, 7) is 15.5. The molecular formula is C28H34Cl2SiZr-2. The van der Waals surface area contributed by atoms with Crippen LogP contribution in [0.15, 0.2) is 77.4 Å². The molecule has 32 heavy (non-hydrogen) atoms. The fourth-order valence-corrected chi connectivity index (χ4v) is 3.64. The van der Waals surface area contributed by atoms with Gasteiger partial charge in [0.15, 0.2) is 0 Å². The Labute approximate surface area is 223 Å². The van der Waals surface area contributed by atoms with E-state index in [0.717, 1.165) is 6.42 Å². The minimum atomic E-state index is 0. The molecule has 1 atom stereocenters. The second-order valence-electron chi connectivity index (χ2n) is 8.14. The van der Waals surface area contributed by atoms with Crippen molar-refractivity contribution in [2.24, 2.45) is 5.92 Å². The maximum atomic E-state index is 3.36. The molecule has 0 bridgehead atoms. The van der Waals surface area contributed by atoms with Gasteiger partial charge in [-0.2, -0.15) is 11.1 Å². The average molecular weight is 561 g/mol. The Hall–Kier alpha value is -0.790. The van der Waals surface area contributed by atoms with Gasteiger partial charge >= 0.3 is 41.9 Å². The molecule has 0 N–H and O–H groups in total. The number of rotatable bonds is 2. The molecule has 0 radical (unpaired) electrons. The minimum Gasteiger partial charge on any atom is -1.00 e. The Bertz CT molecular complexity index is 1070. The third kappa shape index (κ3) is 8.53. The van der Waals surface area contributed by atoms with Crippen LogP contribution in [-0.2, 0) is 29.8 Å². The zero-order valence-corrected chi connectivity index (χ0v) is 25.3. The van der Waals surface area contributed by atoms with Crippen molar-refractivity contribution >= 4 is 16.2 Å². The van der Waals surface area contributed by atoms with E-state index in [0.29, 0.717) is 5.92 Å². The molecular weight excluding hydrogens is 527 g/mol. The summed E-state index contributed by atoms with van der Waals surface area (Å²) in [7, 11) is 0. The molecule has 1 unspecified atom stereocenters. The monoisotopic (exact) mass is 558 g/mol. The maximum Gasteiger partial charge on any atom is -1.00 e. The molecule has 0 aliphatic heterocycles. The van der Waals surface area contributed by atoms with Crippen molar-refractivity contribution < 1.29 is 48.1 Å².